The number of benzene rings is 2. The zero-order valence-corrected chi connectivity index (χ0v) is 14.5. The maximum absolute atomic E-state index is 12.4. The third kappa shape index (κ3) is 4.23. The summed E-state index contributed by atoms with van der Waals surface area (Å²) >= 11 is 1.89. The number of hydrogen-bond donors (Lipinski definition) is 0. The van der Waals surface area contributed by atoms with Crippen LogP contribution < -0.4 is 9.47 Å². The average Bonchev–Trinajstić information content (AvgIpc) is 2.67. The van der Waals surface area contributed by atoms with E-state index in [0.717, 1.165) is 23.8 Å². The Morgan fingerprint density at radius 2 is 1.88 bits per heavy atom. The van der Waals surface area contributed by atoms with Crippen LogP contribution in [-0.2, 0) is 4.79 Å². The topological polar surface area (TPSA) is 38.8 Å². The number of methoxy groups -OCH3 is 1. The van der Waals surface area contributed by atoms with E-state index in [1.54, 1.807) is 7.11 Å². The van der Waals surface area contributed by atoms with Crippen LogP contribution in [0.3, 0.4) is 0 Å². The van der Waals surface area contributed by atoms with Crippen LogP contribution in [0, 0.1) is 0 Å². The zero-order valence-electron chi connectivity index (χ0n) is 13.7. The molecule has 3 rings (SSSR count). The Morgan fingerprint density at radius 1 is 1.12 bits per heavy atom. The molecule has 1 aliphatic rings. The predicted octanol–water partition coefficient (Wildman–Crippen LogP) is 3.39. The van der Waals surface area contributed by atoms with Crippen molar-refractivity contribution in [1.29, 1.82) is 0 Å². The molecule has 0 N–H and O–H groups in total. The molecule has 1 heterocycles. The highest BCUT2D eigenvalue weighted by atomic mass is 32.2. The molecular formula is C19H21NO3S. The van der Waals surface area contributed by atoms with Crippen molar-refractivity contribution in [2.75, 3.05) is 32.6 Å². The Bertz CT molecular complexity index is 660. The number of hydrogen-bond acceptors (Lipinski definition) is 4. The zero-order chi connectivity index (χ0) is 16.8. The summed E-state index contributed by atoms with van der Waals surface area (Å²) in [4.78, 5) is 14.3. The minimum Gasteiger partial charge on any atom is -0.497 e. The van der Waals surface area contributed by atoms with E-state index in [2.05, 4.69) is 12.1 Å². The highest BCUT2D eigenvalue weighted by Crippen LogP contribution is 2.33. The summed E-state index contributed by atoms with van der Waals surface area (Å²) in [6.45, 7) is 1.58. The lowest BCUT2D eigenvalue weighted by Gasteiger charge is -2.32. The van der Waals surface area contributed by atoms with Crippen molar-refractivity contribution >= 4 is 17.7 Å². The smallest absolute Gasteiger partial charge is 0.260 e. The molecule has 0 aromatic heterocycles. The number of thioether (sulfide) groups is 1. The molecule has 126 valence electrons. The van der Waals surface area contributed by atoms with E-state index in [4.69, 9.17) is 9.47 Å². The van der Waals surface area contributed by atoms with Crippen LogP contribution in [0.15, 0.2) is 54.6 Å². The summed E-state index contributed by atoms with van der Waals surface area (Å²) < 4.78 is 10.8. The quantitative estimate of drug-likeness (QED) is 0.834. The standard InChI is InChI=1S/C19H21NO3S/c1-22-16-9-7-15(8-10-16)18-13-20(11-12-24-18)19(21)14-23-17-5-3-2-4-6-17/h2-10,18H,11-14H2,1H3. The van der Waals surface area contributed by atoms with Crippen molar-refractivity contribution in [3.8, 4) is 11.5 Å². The Morgan fingerprint density at radius 3 is 2.58 bits per heavy atom. The van der Waals surface area contributed by atoms with Crippen LogP contribution >= 0.6 is 11.8 Å². The number of carbonyl (C=O) groups is 1. The number of nitrogens with zero attached hydrogens (tertiary/aromatic N) is 1. The van der Waals surface area contributed by atoms with Gasteiger partial charge in [0, 0.05) is 24.1 Å². The van der Waals surface area contributed by atoms with Gasteiger partial charge in [0.1, 0.15) is 11.5 Å². The van der Waals surface area contributed by atoms with Crippen LogP contribution in [0.5, 0.6) is 11.5 Å². The van der Waals surface area contributed by atoms with E-state index >= 15 is 0 Å². The summed E-state index contributed by atoms with van der Waals surface area (Å²) in [5.74, 6) is 2.55. The lowest BCUT2D eigenvalue weighted by molar-refractivity contribution is -0.133. The van der Waals surface area contributed by atoms with Gasteiger partial charge in [-0.2, -0.15) is 11.8 Å². The molecule has 1 unspecified atom stereocenters. The second-order valence-corrected chi connectivity index (χ2v) is 6.88. The van der Waals surface area contributed by atoms with E-state index in [0.29, 0.717) is 11.8 Å². The van der Waals surface area contributed by atoms with Gasteiger partial charge in [-0.15, -0.1) is 0 Å². The molecule has 0 bridgehead atoms. The van der Waals surface area contributed by atoms with Crippen molar-refractivity contribution < 1.29 is 14.3 Å². The number of carbonyl (C=O) groups excluding carboxylic acids is 1. The first-order valence-electron chi connectivity index (χ1n) is 7.97. The average molecular weight is 343 g/mol. The van der Waals surface area contributed by atoms with Gasteiger partial charge in [-0.1, -0.05) is 30.3 Å². The number of para-hydroxylation sites is 1. The summed E-state index contributed by atoms with van der Waals surface area (Å²) in [6, 6.07) is 17.5. The van der Waals surface area contributed by atoms with Gasteiger partial charge in [0.2, 0.25) is 0 Å². The van der Waals surface area contributed by atoms with Crippen LogP contribution in [0.1, 0.15) is 10.8 Å². The fourth-order valence-electron chi connectivity index (χ4n) is 2.65. The van der Waals surface area contributed by atoms with Gasteiger partial charge in [-0.3, -0.25) is 4.79 Å². The summed E-state index contributed by atoms with van der Waals surface area (Å²) in [5.41, 5.74) is 1.22. The van der Waals surface area contributed by atoms with E-state index in [9.17, 15) is 4.79 Å². The first kappa shape index (κ1) is 16.7. The minimum absolute atomic E-state index is 0.0395. The highest BCUT2D eigenvalue weighted by Gasteiger charge is 2.25. The molecule has 1 amide bonds. The minimum atomic E-state index is 0.0395. The second-order valence-electron chi connectivity index (χ2n) is 5.57. The lowest BCUT2D eigenvalue weighted by atomic mass is 10.1. The summed E-state index contributed by atoms with van der Waals surface area (Å²) in [7, 11) is 1.66. The molecule has 0 saturated carbocycles. The molecule has 1 fully saturated rings. The molecule has 2 aromatic carbocycles. The van der Waals surface area contributed by atoms with Gasteiger partial charge < -0.3 is 14.4 Å². The summed E-state index contributed by atoms with van der Waals surface area (Å²) in [6.07, 6.45) is 0. The van der Waals surface area contributed by atoms with E-state index < -0.39 is 0 Å². The molecule has 0 spiro atoms. The number of amides is 1. The van der Waals surface area contributed by atoms with Crippen molar-refractivity contribution in [3.63, 3.8) is 0 Å². The van der Waals surface area contributed by atoms with Crippen molar-refractivity contribution in [1.82, 2.24) is 4.90 Å². The molecule has 4 nitrogen and oxygen atoms in total. The molecule has 5 heteroatoms. The first-order chi connectivity index (χ1) is 11.8. The Kier molecular flexibility index (Phi) is 5.64. The van der Waals surface area contributed by atoms with Crippen LogP contribution in [0.2, 0.25) is 0 Å². The van der Waals surface area contributed by atoms with Gasteiger partial charge in [0.05, 0.1) is 7.11 Å². The molecule has 1 atom stereocenters. The molecule has 0 radical (unpaired) electrons. The Balaban J connectivity index is 1.57. The van der Waals surface area contributed by atoms with E-state index in [-0.39, 0.29) is 12.5 Å². The molecule has 24 heavy (non-hydrogen) atoms. The predicted molar refractivity (Wildman–Crippen MR) is 96.7 cm³/mol. The first-order valence-corrected chi connectivity index (χ1v) is 9.02. The molecular weight excluding hydrogens is 322 g/mol. The van der Waals surface area contributed by atoms with Gasteiger partial charge in [0.15, 0.2) is 6.61 Å². The largest absolute Gasteiger partial charge is 0.497 e. The fraction of sp³-hybridized carbons (Fsp3) is 0.316. The monoisotopic (exact) mass is 343 g/mol. The fourth-order valence-corrected chi connectivity index (χ4v) is 3.89. The molecule has 1 saturated heterocycles. The van der Waals surface area contributed by atoms with Gasteiger partial charge >= 0.3 is 0 Å². The molecule has 0 aliphatic carbocycles. The van der Waals surface area contributed by atoms with Crippen molar-refractivity contribution in [3.05, 3.63) is 60.2 Å². The normalized spacial score (nSPS) is 17.4. The maximum atomic E-state index is 12.4. The molecule has 1 aliphatic heterocycles. The van der Waals surface area contributed by atoms with Crippen molar-refractivity contribution in [2.24, 2.45) is 0 Å². The lowest BCUT2D eigenvalue weighted by Crippen LogP contribution is -2.41. The second kappa shape index (κ2) is 8.11. The summed E-state index contributed by atoms with van der Waals surface area (Å²) in [5, 5.41) is 0.297. The van der Waals surface area contributed by atoms with Crippen LogP contribution in [0.4, 0.5) is 0 Å². The third-order valence-electron chi connectivity index (χ3n) is 4.01. The van der Waals surface area contributed by atoms with Gasteiger partial charge in [0.25, 0.3) is 5.91 Å². The van der Waals surface area contributed by atoms with Crippen molar-refractivity contribution in [2.45, 2.75) is 5.25 Å². The van der Waals surface area contributed by atoms with E-state index in [1.807, 2.05) is 59.1 Å². The van der Waals surface area contributed by atoms with Crippen LogP contribution in [0.25, 0.3) is 0 Å². The maximum Gasteiger partial charge on any atom is 0.260 e. The van der Waals surface area contributed by atoms with Gasteiger partial charge in [-0.25, -0.2) is 0 Å². The van der Waals surface area contributed by atoms with E-state index in [1.165, 1.54) is 5.56 Å². The Labute approximate surface area is 146 Å². The number of ether oxygens (including phenoxy) is 2. The van der Waals surface area contributed by atoms with Crippen LogP contribution in [-0.4, -0.2) is 43.4 Å². The SMILES string of the molecule is COc1ccc(C2CN(C(=O)COc3ccccc3)CCS2)cc1. The number of rotatable bonds is 5. The highest BCUT2D eigenvalue weighted by molar-refractivity contribution is 7.99. The third-order valence-corrected chi connectivity index (χ3v) is 5.25. The Hall–Kier alpha value is -2.14. The van der Waals surface area contributed by atoms with Gasteiger partial charge in [-0.05, 0) is 29.8 Å². The molecule has 2 aromatic rings.